The Balaban J connectivity index is 2.66. The average Bonchev–Trinajstić information content (AvgIpc) is 2.29. The largest absolute Gasteiger partial charge is 0.372 e. The summed E-state index contributed by atoms with van der Waals surface area (Å²) in [7, 11) is 1.45. The van der Waals surface area contributed by atoms with Gasteiger partial charge >= 0.3 is 0 Å². The quantitative estimate of drug-likeness (QED) is 0.796. The smallest absolute Gasteiger partial charge is 0.254 e. The third-order valence-corrected chi connectivity index (χ3v) is 1.87. The fraction of sp³-hybridized carbons (Fsp3) is 0.300. The Kier molecular flexibility index (Phi) is 3.77. The summed E-state index contributed by atoms with van der Waals surface area (Å²) in [6.07, 6.45) is 0.870. The van der Waals surface area contributed by atoms with Crippen LogP contribution < -0.4 is 5.32 Å². The van der Waals surface area contributed by atoms with Gasteiger partial charge in [-0.3, -0.25) is 4.79 Å². The lowest BCUT2D eigenvalue weighted by atomic mass is 10.3. The van der Waals surface area contributed by atoms with Crippen molar-refractivity contribution in [3.8, 4) is 6.07 Å². The molecule has 1 heterocycles. The predicted octanol–water partition coefficient (Wildman–Crippen LogP) is 0.927. The second kappa shape index (κ2) is 5.08. The zero-order valence-electron chi connectivity index (χ0n) is 8.52. The molecular formula is C10H11N3O2. The van der Waals surface area contributed by atoms with Crippen LogP contribution >= 0.6 is 0 Å². The summed E-state index contributed by atoms with van der Waals surface area (Å²) in [5.74, 6) is 0.137. The van der Waals surface area contributed by atoms with Crippen molar-refractivity contribution in [2.45, 2.75) is 13.0 Å². The fourth-order valence-corrected chi connectivity index (χ4v) is 0.869. The van der Waals surface area contributed by atoms with Gasteiger partial charge in [-0.15, -0.1) is 0 Å². The number of hydrogen-bond donors (Lipinski definition) is 1. The van der Waals surface area contributed by atoms with E-state index in [0.29, 0.717) is 11.4 Å². The number of carbonyl (C=O) groups excluding carboxylic acids is 1. The number of pyridine rings is 1. The summed E-state index contributed by atoms with van der Waals surface area (Å²) >= 11 is 0. The first kappa shape index (κ1) is 11.1. The predicted molar refractivity (Wildman–Crippen MR) is 54.1 cm³/mol. The number of nitrogens with one attached hydrogen (secondary N) is 1. The van der Waals surface area contributed by atoms with E-state index in [0.717, 1.165) is 0 Å². The molecular weight excluding hydrogens is 194 g/mol. The monoisotopic (exact) mass is 205 g/mol. The van der Waals surface area contributed by atoms with Crippen LogP contribution in [0.2, 0.25) is 0 Å². The molecule has 78 valence electrons. The number of nitrogens with zero attached hydrogens (tertiary/aromatic N) is 2. The molecule has 1 atom stereocenters. The number of amides is 1. The minimum Gasteiger partial charge on any atom is -0.372 e. The lowest BCUT2D eigenvalue weighted by molar-refractivity contribution is -0.124. The first-order valence-electron chi connectivity index (χ1n) is 4.37. The molecule has 1 N–H and O–H groups in total. The summed E-state index contributed by atoms with van der Waals surface area (Å²) in [4.78, 5) is 15.3. The third-order valence-electron chi connectivity index (χ3n) is 1.87. The molecule has 0 spiro atoms. The Morgan fingerprint density at radius 3 is 2.87 bits per heavy atom. The molecule has 0 aliphatic heterocycles. The maximum absolute atomic E-state index is 11.4. The highest BCUT2D eigenvalue weighted by atomic mass is 16.5. The summed E-state index contributed by atoms with van der Waals surface area (Å²) in [5.41, 5.74) is 0.452. The standard InChI is InChI=1S/C10H11N3O2/c1-7(15-2)10(14)13-9-4-3-8(5-11)6-12-9/h3-4,6-7H,1-2H3,(H,12,13,14). The molecule has 0 aliphatic rings. The van der Waals surface area contributed by atoms with E-state index in [2.05, 4.69) is 10.3 Å². The van der Waals surface area contributed by atoms with Gasteiger partial charge in [0.25, 0.3) is 5.91 Å². The zero-order chi connectivity index (χ0) is 11.3. The first-order chi connectivity index (χ1) is 7.17. The Bertz CT molecular complexity index is 381. The SMILES string of the molecule is COC(C)C(=O)Nc1ccc(C#N)cn1. The van der Waals surface area contributed by atoms with E-state index in [1.165, 1.54) is 13.3 Å². The van der Waals surface area contributed by atoms with Crippen LogP contribution in [-0.2, 0) is 9.53 Å². The van der Waals surface area contributed by atoms with E-state index in [4.69, 9.17) is 10.00 Å². The maximum atomic E-state index is 11.4. The number of rotatable bonds is 3. The van der Waals surface area contributed by atoms with E-state index >= 15 is 0 Å². The van der Waals surface area contributed by atoms with Crippen LogP contribution in [0, 0.1) is 11.3 Å². The number of carbonyl (C=O) groups is 1. The van der Waals surface area contributed by atoms with Crippen LogP contribution in [0.5, 0.6) is 0 Å². The Morgan fingerprint density at radius 1 is 1.67 bits per heavy atom. The van der Waals surface area contributed by atoms with E-state index in [1.807, 2.05) is 6.07 Å². The zero-order valence-corrected chi connectivity index (χ0v) is 8.52. The van der Waals surface area contributed by atoms with Crippen LogP contribution in [0.1, 0.15) is 12.5 Å². The van der Waals surface area contributed by atoms with Crippen molar-refractivity contribution >= 4 is 11.7 Å². The molecule has 0 fully saturated rings. The topological polar surface area (TPSA) is 75.0 Å². The van der Waals surface area contributed by atoms with Gasteiger partial charge in [-0.05, 0) is 19.1 Å². The fourth-order valence-electron chi connectivity index (χ4n) is 0.869. The Hall–Kier alpha value is -1.93. The van der Waals surface area contributed by atoms with Crippen molar-refractivity contribution in [3.05, 3.63) is 23.9 Å². The van der Waals surface area contributed by atoms with Crippen molar-refractivity contribution in [1.82, 2.24) is 4.98 Å². The molecule has 1 aromatic rings. The molecule has 1 aromatic heterocycles. The van der Waals surface area contributed by atoms with Crippen molar-refractivity contribution in [2.75, 3.05) is 12.4 Å². The van der Waals surface area contributed by atoms with Gasteiger partial charge in [0.2, 0.25) is 0 Å². The number of aromatic nitrogens is 1. The van der Waals surface area contributed by atoms with Gasteiger partial charge in [-0.2, -0.15) is 5.26 Å². The highest BCUT2D eigenvalue weighted by Crippen LogP contribution is 2.04. The summed E-state index contributed by atoms with van der Waals surface area (Å²) in [6, 6.07) is 5.09. The van der Waals surface area contributed by atoms with Crippen LogP contribution in [-0.4, -0.2) is 24.1 Å². The van der Waals surface area contributed by atoms with Crippen LogP contribution in [0.15, 0.2) is 18.3 Å². The molecule has 0 saturated heterocycles. The number of nitriles is 1. The highest BCUT2D eigenvalue weighted by Gasteiger charge is 2.11. The van der Waals surface area contributed by atoms with Gasteiger partial charge < -0.3 is 10.1 Å². The van der Waals surface area contributed by atoms with E-state index in [-0.39, 0.29) is 5.91 Å². The first-order valence-corrected chi connectivity index (χ1v) is 4.37. The molecule has 1 unspecified atom stereocenters. The van der Waals surface area contributed by atoms with Crippen LogP contribution in [0.4, 0.5) is 5.82 Å². The van der Waals surface area contributed by atoms with Crippen LogP contribution in [0.3, 0.4) is 0 Å². The van der Waals surface area contributed by atoms with E-state index < -0.39 is 6.10 Å². The normalized spacial score (nSPS) is 11.5. The van der Waals surface area contributed by atoms with E-state index in [1.54, 1.807) is 19.1 Å². The molecule has 5 heteroatoms. The molecule has 0 aromatic carbocycles. The third kappa shape index (κ3) is 3.04. The molecule has 0 bridgehead atoms. The Morgan fingerprint density at radius 2 is 2.40 bits per heavy atom. The second-order valence-electron chi connectivity index (χ2n) is 2.91. The minimum absolute atomic E-state index is 0.269. The van der Waals surface area contributed by atoms with Crippen molar-refractivity contribution < 1.29 is 9.53 Å². The molecule has 0 aliphatic carbocycles. The van der Waals surface area contributed by atoms with Crippen molar-refractivity contribution in [1.29, 1.82) is 5.26 Å². The molecule has 5 nitrogen and oxygen atoms in total. The van der Waals surface area contributed by atoms with E-state index in [9.17, 15) is 4.79 Å². The minimum atomic E-state index is -0.526. The molecule has 1 amide bonds. The summed E-state index contributed by atoms with van der Waals surface area (Å²) in [5, 5.41) is 11.1. The Labute approximate surface area is 87.7 Å². The maximum Gasteiger partial charge on any atom is 0.254 e. The number of anilines is 1. The molecule has 15 heavy (non-hydrogen) atoms. The lowest BCUT2D eigenvalue weighted by Gasteiger charge is -2.09. The summed E-state index contributed by atoms with van der Waals surface area (Å²) < 4.78 is 4.84. The van der Waals surface area contributed by atoms with Gasteiger partial charge in [-0.1, -0.05) is 0 Å². The van der Waals surface area contributed by atoms with Gasteiger partial charge in [-0.25, -0.2) is 4.98 Å². The second-order valence-corrected chi connectivity index (χ2v) is 2.91. The van der Waals surface area contributed by atoms with Gasteiger partial charge in [0.05, 0.1) is 5.56 Å². The van der Waals surface area contributed by atoms with Crippen LogP contribution in [0.25, 0.3) is 0 Å². The molecule has 1 rings (SSSR count). The van der Waals surface area contributed by atoms with Crippen molar-refractivity contribution in [3.63, 3.8) is 0 Å². The number of hydrogen-bond acceptors (Lipinski definition) is 4. The lowest BCUT2D eigenvalue weighted by Crippen LogP contribution is -2.26. The summed E-state index contributed by atoms with van der Waals surface area (Å²) in [6.45, 7) is 1.64. The number of ether oxygens (including phenoxy) is 1. The highest BCUT2D eigenvalue weighted by molar-refractivity contribution is 5.93. The molecule has 0 saturated carbocycles. The van der Waals surface area contributed by atoms with Gasteiger partial charge in [0.1, 0.15) is 18.0 Å². The van der Waals surface area contributed by atoms with Gasteiger partial charge in [0.15, 0.2) is 0 Å². The number of methoxy groups -OCH3 is 1. The van der Waals surface area contributed by atoms with Gasteiger partial charge in [0, 0.05) is 13.3 Å². The average molecular weight is 205 g/mol. The van der Waals surface area contributed by atoms with Crippen molar-refractivity contribution in [2.24, 2.45) is 0 Å². The molecule has 0 radical (unpaired) electrons.